The summed E-state index contributed by atoms with van der Waals surface area (Å²) in [6.07, 6.45) is 0. The van der Waals surface area contributed by atoms with Crippen molar-refractivity contribution in [2.45, 2.75) is 33.1 Å². The molecule has 0 unspecified atom stereocenters. The van der Waals surface area contributed by atoms with Crippen LogP contribution in [0.25, 0.3) is 0 Å². The van der Waals surface area contributed by atoms with Crippen molar-refractivity contribution in [3.63, 3.8) is 0 Å². The van der Waals surface area contributed by atoms with Crippen LogP contribution >= 0.6 is 0 Å². The van der Waals surface area contributed by atoms with E-state index >= 15 is 0 Å². The predicted octanol–water partition coefficient (Wildman–Crippen LogP) is 2.57. The van der Waals surface area contributed by atoms with Crippen molar-refractivity contribution < 1.29 is 4.74 Å². The zero-order chi connectivity index (χ0) is 11.6. The number of nitrogens with zero attached hydrogens (tertiary/aromatic N) is 2. The first kappa shape index (κ1) is 11.5. The first-order valence-electron chi connectivity index (χ1n) is 4.86. The lowest BCUT2D eigenvalue weighted by Crippen LogP contribution is -2.15. The molecule has 15 heavy (non-hydrogen) atoms. The van der Waals surface area contributed by atoms with Gasteiger partial charge in [0.15, 0.2) is 11.4 Å². The van der Waals surface area contributed by atoms with Crippen LogP contribution in [0.5, 0.6) is 5.75 Å². The van der Waals surface area contributed by atoms with Crippen LogP contribution in [0.1, 0.15) is 37.7 Å². The van der Waals surface area contributed by atoms with E-state index in [4.69, 9.17) is 10.00 Å². The van der Waals surface area contributed by atoms with Gasteiger partial charge in [-0.05, 0) is 18.6 Å². The van der Waals surface area contributed by atoms with E-state index in [0.717, 1.165) is 11.3 Å². The van der Waals surface area contributed by atoms with Gasteiger partial charge in [0.05, 0.1) is 7.11 Å². The van der Waals surface area contributed by atoms with Gasteiger partial charge in [-0.25, -0.2) is 4.98 Å². The van der Waals surface area contributed by atoms with E-state index in [0.29, 0.717) is 11.4 Å². The number of pyridine rings is 1. The Hall–Kier alpha value is -1.56. The van der Waals surface area contributed by atoms with E-state index in [1.165, 1.54) is 0 Å². The Morgan fingerprint density at radius 1 is 1.40 bits per heavy atom. The molecule has 0 aliphatic heterocycles. The van der Waals surface area contributed by atoms with Crippen molar-refractivity contribution in [3.05, 3.63) is 23.0 Å². The second-order valence-electron chi connectivity index (χ2n) is 4.57. The van der Waals surface area contributed by atoms with Crippen molar-refractivity contribution in [2.24, 2.45) is 0 Å². The van der Waals surface area contributed by atoms with Gasteiger partial charge in [-0.15, -0.1) is 0 Å². The lowest BCUT2D eigenvalue weighted by molar-refractivity contribution is 0.406. The second kappa shape index (κ2) is 3.90. The number of nitriles is 1. The number of ether oxygens (including phenoxy) is 1. The predicted molar refractivity (Wildman–Crippen MR) is 58.9 cm³/mol. The fourth-order valence-corrected chi connectivity index (χ4v) is 1.38. The monoisotopic (exact) mass is 204 g/mol. The van der Waals surface area contributed by atoms with Crippen LogP contribution in [-0.2, 0) is 5.41 Å². The van der Waals surface area contributed by atoms with Gasteiger partial charge in [0.25, 0.3) is 0 Å². The summed E-state index contributed by atoms with van der Waals surface area (Å²) in [4.78, 5) is 4.31. The lowest BCUT2D eigenvalue weighted by Gasteiger charge is -2.19. The zero-order valence-corrected chi connectivity index (χ0v) is 9.88. The van der Waals surface area contributed by atoms with Crippen molar-refractivity contribution in [1.82, 2.24) is 4.98 Å². The number of methoxy groups -OCH3 is 1. The minimum absolute atomic E-state index is 0.0529. The third-order valence-corrected chi connectivity index (χ3v) is 2.24. The third kappa shape index (κ3) is 2.27. The number of hydrogen-bond donors (Lipinski definition) is 0. The number of aryl methyl sites for hydroxylation is 1. The van der Waals surface area contributed by atoms with Gasteiger partial charge in [0, 0.05) is 11.1 Å². The first-order chi connectivity index (χ1) is 6.90. The fourth-order valence-electron chi connectivity index (χ4n) is 1.38. The molecule has 0 radical (unpaired) electrons. The Bertz CT molecular complexity index is 411. The van der Waals surface area contributed by atoms with Gasteiger partial charge in [-0.2, -0.15) is 5.26 Å². The van der Waals surface area contributed by atoms with Gasteiger partial charge in [0.1, 0.15) is 6.07 Å². The van der Waals surface area contributed by atoms with E-state index in [9.17, 15) is 0 Å². The molecule has 1 heterocycles. The highest BCUT2D eigenvalue weighted by Gasteiger charge is 2.19. The average Bonchev–Trinajstić information content (AvgIpc) is 2.15. The zero-order valence-electron chi connectivity index (χ0n) is 9.88. The maximum atomic E-state index is 8.97. The topological polar surface area (TPSA) is 45.9 Å². The molecule has 0 aliphatic carbocycles. The largest absolute Gasteiger partial charge is 0.493 e. The van der Waals surface area contributed by atoms with E-state index in [-0.39, 0.29) is 5.41 Å². The molecule has 80 valence electrons. The number of aromatic nitrogens is 1. The molecular formula is C12H16N2O. The van der Waals surface area contributed by atoms with Crippen molar-refractivity contribution in [2.75, 3.05) is 7.11 Å². The Balaban J connectivity index is 3.41. The van der Waals surface area contributed by atoms with Crippen molar-refractivity contribution in [3.8, 4) is 11.8 Å². The minimum atomic E-state index is -0.0529. The van der Waals surface area contributed by atoms with Gasteiger partial charge < -0.3 is 4.74 Å². The molecule has 1 rings (SSSR count). The van der Waals surface area contributed by atoms with E-state index in [1.807, 2.05) is 13.0 Å². The Morgan fingerprint density at radius 3 is 2.40 bits per heavy atom. The summed E-state index contributed by atoms with van der Waals surface area (Å²) >= 11 is 0. The first-order valence-corrected chi connectivity index (χ1v) is 4.86. The molecule has 3 heteroatoms. The van der Waals surface area contributed by atoms with Crippen LogP contribution in [-0.4, -0.2) is 12.1 Å². The molecule has 0 fully saturated rings. The van der Waals surface area contributed by atoms with Crippen LogP contribution in [0.3, 0.4) is 0 Å². The fraction of sp³-hybridized carbons (Fsp3) is 0.500. The summed E-state index contributed by atoms with van der Waals surface area (Å²) < 4.78 is 5.15. The smallest absolute Gasteiger partial charge is 0.183 e. The maximum Gasteiger partial charge on any atom is 0.183 e. The molecule has 1 aromatic rings. The highest BCUT2D eigenvalue weighted by molar-refractivity contribution is 5.45. The van der Waals surface area contributed by atoms with E-state index in [1.54, 1.807) is 7.11 Å². The van der Waals surface area contributed by atoms with Crippen LogP contribution in [0, 0.1) is 18.3 Å². The lowest BCUT2D eigenvalue weighted by atomic mass is 9.90. The molecule has 0 saturated carbocycles. The van der Waals surface area contributed by atoms with Gasteiger partial charge in [0.2, 0.25) is 0 Å². The van der Waals surface area contributed by atoms with Crippen molar-refractivity contribution in [1.29, 1.82) is 5.26 Å². The molecule has 1 aromatic heterocycles. The highest BCUT2D eigenvalue weighted by Crippen LogP contribution is 2.27. The Labute approximate surface area is 90.7 Å². The third-order valence-electron chi connectivity index (χ3n) is 2.24. The minimum Gasteiger partial charge on any atom is -0.493 e. The molecule has 0 bridgehead atoms. The summed E-state index contributed by atoms with van der Waals surface area (Å²) in [6.45, 7) is 8.14. The summed E-state index contributed by atoms with van der Waals surface area (Å²) in [7, 11) is 1.56. The van der Waals surface area contributed by atoms with Gasteiger partial charge >= 0.3 is 0 Å². The molecular weight excluding hydrogens is 188 g/mol. The molecule has 0 spiro atoms. The standard InChI is InChI=1S/C12H16N2O/c1-8-6-10(12(2,3)4)14-9(7-13)11(8)15-5/h6H,1-5H3. The molecule has 3 nitrogen and oxygen atoms in total. The van der Waals surface area contributed by atoms with E-state index in [2.05, 4.69) is 31.8 Å². The Kier molecular flexibility index (Phi) is 2.99. The summed E-state index contributed by atoms with van der Waals surface area (Å²) in [5.41, 5.74) is 2.18. The normalized spacial score (nSPS) is 10.9. The molecule has 0 saturated heterocycles. The molecule has 0 amide bonds. The molecule has 0 N–H and O–H groups in total. The summed E-state index contributed by atoms with van der Waals surface area (Å²) in [5, 5.41) is 8.97. The summed E-state index contributed by atoms with van der Waals surface area (Å²) in [6, 6.07) is 4.04. The maximum absolute atomic E-state index is 8.97. The van der Waals surface area contributed by atoms with E-state index < -0.39 is 0 Å². The average molecular weight is 204 g/mol. The number of hydrogen-bond acceptors (Lipinski definition) is 3. The second-order valence-corrected chi connectivity index (χ2v) is 4.57. The molecule has 0 aliphatic rings. The van der Waals surface area contributed by atoms with Gasteiger partial charge in [-0.3, -0.25) is 0 Å². The molecule has 0 aromatic carbocycles. The van der Waals surface area contributed by atoms with Gasteiger partial charge in [-0.1, -0.05) is 20.8 Å². The van der Waals surface area contributed by atoms with Crippen LogP contribution in [0.4, 0.5) is 0 Å². The molecule has 0 atom stereocenters. The van der Waals surface area contributed by atoms with Crippen LogP contribution < -0.4 is 4.74 Å². The SMILES string of the molecule is COc1c(C)cc(C(C)(C)C)nc1C#N. The van der Waals surface area contributed by atoms with Crippen LogP contribution in [0.15, 0.2) is 6.07 Å². The summed E-state index contributed by atoms with van der Waals surface area (Å²) in [5.74, 6) is 0.575. The Morgan fingerprint density at radius 2 is 2.00 bits per heavy atom. The van der Waals surface area contributed by atoms with Crippen LogP contribution in [0.2, 0.25) is 0 Å². The number of rotatable bonds is 1. The van der Waals surface area contributed by atoms with Crippen molar-refractivity contribution >= 4 is 0 Å². The highest BCUT2D eigenvalue weighted by atomic mass is 16.5. The quantitative estimate of drug-likeness (QED) is 0.706.